The average molecular weight is 642 g/mol. The van der Waals surface area contributed by atoms with E-state index in [2.05, 4.69) is 21.0 Å². The van der Waals surface area contributed by atoms with Gasteiger partial charge in [0.05, 0.1) is 36.2 Å². The summed E-state index contributed by atoms with van der Waals surface area (Å²) < 4.78 is 38.9. The molecule has 6 aromatic rings. The summed E-state index contributed by atoms with van der Waals surface area (Å²) in [5.41, 5.74) is 2.05. The van der Waals surface area contributed by atoms with Crippen molar-refractivity contribution in [2.45, 2.75) is 13.5 Å². The number of halogens is 2. The molecule has 4 aromatic carbocycles. The highest BCUT2D eigenvalue weighted by Gasteiger charge is 2.18. The number of ether oxygens (including phenoxy) is 3. The van der Waals surface area contributed by atoms with Crippen LogP contribution in [0.25, 0.3) is 33.5 Å². The second kappa shape index (κ2) is 12.1. The molecular weight excluding hydrogens is 617 g/mol. The molecule has 6 rings (SSSR count). The summed E-state index contributed by atoms with van der Waals surface area (Å²) in [6.07, 6.45) is 1.54. The van der Waals surface area contributed by atoms with Crippen LogP contribution in [0.4, 0.5) is 4.39 Å². The molecule has 216 valence electrons. The van der Waals surface area contributed by atoms with Crippen molar-refractivity contribution in [2.75, 3.05) is 13.7 Å². The van der Waals surface area contributed by atoms with E-state index in [9.17, 15) is 9.18 Å². The maximum atomic E-state index is 13.7. The van der Waals surface area contributed by atoms with Crippen molar-refractivity contribution < 1.29 is 23.0 Å². The summed E-state index contributed by atoms with van der Waals surface area (Å²) in [5.74, 6) is 1.83. The van der Waals surface area contributed by atoms with Crippen LogP contribution in [0.5, 0.6) is 17.2 Å². The van der Waals surface area contributed by atoms with Crippen LogP contribution in [0.3, 0.4) is 0 Å². The molecule has 0 unspecified atom stereocenters. The van der Waals surface area contributed by atoms with Crippen molar-refractivity contribution in [3.8, 4) is 28.8 Å². The number of para-hydroxylation sites is 1. The quantitative estimate of drug-likeness (QED) is 0.151. The van der Waals surface area contributed by atoms with Crippen LogP contribution in [-0.2, 0) is 6.61 Å². The van der Waals surface area contributed by atoms with Gasteiger partial charge in [0.1, 0.15) is 23.8 Å². The van der Waals surface area contributed by atoms with Gasteiger partial charge in [-0.1, -0.05) is 30.3 Å². The maximum Gasteiger partial charge on any atom is 0.282 e. The van der Waals surface area contributed by atoms with Crippen molar-refractivity contribution in [1.29, 1.82) is 0 Å². The first kappa shape index (κ1) is 28.2. The van der Waals surface area contributed by atoms with Crippen LogP contribution in [0.2, 0.25) is 0 Å². The molecule has 2 aromatic heterocycles. The Hall–Kier alpha value is -4.96. The van der Waals surface area contributed by atoms with E-state index in [1.807, 2.05) is 31.2 Å². The van der Waals surface area contributed by atoms with Gasteiger partial charge in [0, 0.05) is 10.0 Å². The molecule has 0 radical (unpaired) electrons. The molecule has 0 fully saturated rings. The lowest BCUT2D eigenvalue weighted by Gasteiger charge is -2.14. The Bertz CT molecular complexity index is 2050. The molecule has 0 aliphatic carbocycles. The molecule has 0 atom stereocenters. The van der Waals surface area contributed by atoms with E-state index < -0.39 is 0 Å². The Morgan fingerprint density at radius 2 is 1.77 bits per heavy atom. The smallest absolute Gasteiger partial charge is 0.282 e. The summed E-state index contributed by atoms with van der Waals surface area (Å²) in [7, 11) is 1.59. The molecule has 0 spiro atoms. The number of furan rings is 1. The number of nitrogens with zero attached hydrogens (tertiary/aromatic N) is 3. The summed E-state index contributed by atoms with van der Waals surface area (Å²) in [4.78, 5) is 18.4. The largest absolute Gasteiger partial charge is 0.496 e. The van der Waals surface area contributed by atoms with Crippen LogP contribution in [0, 0.1) is 5.82 Å². The van der Waals surface area contributed by atoms with Crippen LogP contribution in [0.15, 0.2) is 104 Å². The third kappa shape index (κ3) is 5.74. The second-order valence-electron chi connectivity index (χ2n) is 9.47. The van der Waals surface area contributed by atoms with Gasteiger partial charge in [0.2, 0.25) is 5.82 Å². The molecule has 0 aliphatic heterocycles. The van der Waals surface area contributed by atoms with Crippen molar-refractivity contribution in [3.63, 3.8) is 0 Å². The molecule has 0 aliphatic rings. The van der Waals surface area contributed by atoms with Crippen molar-refractivity contribution in [3.05, 3.63) is 117 Å². The number of benzene rings is 4. The first-order chi connectivity index (χ1) is 20.9. The molecule has 0 N–H and O–H groups in total. The first-order valence-corrected chi connectivity index (χ1v) is 14.2. The highest BCUT2D eigenvalue weighted by atomic mass is 79.9. The molecule has 0 saturated heterocycles. The molecule has 8 nitrogen and oxygen atoms in total. The maximum absolute atomic E-state index is 13.7. The number of rotatable bonds is 9. The number of hydrogen-bond acceptors (Lipinski definition) is 7. The highest BCUT2D eigenvalue weighted by molar-refractivity contribution is 9.10. The van der Waals surface area contributed by atoms with E-state index in [0.717, 1.165) is 5.39 Å². The van der Waals surface area contributed by atoms with E-state index in [-0.39, 0.29) is 23.8 Å². The van der Waals surface area contributed by atoms with Crippen LogP contribution >= 0.6 is 15.9 Å². The minimum absolute atomic E-state index is 0.154. The third-order valence-corrected chi connectivity index (χ3v) is 7.36. The monoisotopic (exact) mass is 641 g/mol. The predicted octanol–water partition coefficient (Wildman–Crippen LogP) is 7.58. The average Bonchev–Trinajstić information content (AvgIpc) is 3.46. The molecule has 2 heterocycles. The van der Waals surface area contributed by atoms with Gasteiger partial charge in [0.25, 0.3) is 5.56 Å². The summed E-state index contributed by atoms with van der Waals surface area (Å²) in [6.45, 7) is 2.41. The van der Waals surface area contributed by atoms with Gasteiger partial charge in [-0.25, -0.2) is 9.37 Å². The predicted molar refractivity (Wildman–Crippen MR) is 167 cm³/mol. The fourth-order valence-electron chi connectivity index (χ4n) is 4.65. The Kier molecular flexibility index (Phi) is 7.93. The van der Waals surface area contributed by atoms with Crippen LogP contribution < -0.4 is 19.8 Å². The van der Waals surface area contributed by atoms with Crippen LogP contribution in [0.1, 0.15) is 18.1 Å². The first-order valence-electron chi connectivity index (χ1n) is 13.4. The zero-order valence-corrected chi connectivity index (χ0v) is 24.8. The number of methoxy groups -OCH3 is 1. The molecule has 0 bridgehead atoms. The molecular formula is C33H25BrFN3O5. The fraction of sp³-hybridized carbons (Fsp3) is 0.121. The Morgan fingerprint density at radius 3 is 2.58 bits per heavy atom. The number of aromatic nitrogens is 2. The van der Waals surface area contributed by atoms with Gasteiger partial charge in [-0.05, 0) is 83.0 Å². The van der Waals surface area contributed by atoms with Crippen molar-refractivity contribution in [1.82, 2.24) is 9.66 Å². The van der Waals surface area contributed by atoms with Gasteiger partial charge in [0.15, 0.2) is 17.3 Å². The lowest BCUT2D eigenvalue weighted by molar-refractivity contribution is 0.269. The van der Waals surface area contributed by atoms with Gasteiger partial charge in [-0.15, -0.1) is 0 Å². The van der Waals surface area contributed by atoms with E-state index >= 15 is 0 Å². The Morgan fingerprint density at radius 1 is 0.953 bits per heavy atom. The van der Waals surface area contributed by atoms with E-state index in [1.165, 1.54) is 23.0 Å². The zero-order chi connectivity index (χ0) is 29.9. The van der Waals surface area contributed by atoms with Gasteiger partial charge in [-0.2, -0.15) is 9.78 Å². The minimum atomic E-state index is -0.361. The van der Waals surface area contributed by atoms with Gasteiger partial charge >= 0.3 is 0 Å². The minimum Gasteiger partial charge on any atom is -0.496 e. The van der Waals surface area contributed by atoms with E-state index in [0.29, 0.717) is 61.7 Å². The normalized spacial score (nSPS) is 11.4. The zero-order valence-electron chi connectivity index (χ0n) is 23.2. The molecule has 0 amide bonds. The second-order valence-corrected chi connectivity index (χ2v) is 10.3. The third-order valence-electron chi connectivity index (χ3n) is 6.67. The number of hydrogen-bond donors (Lipinski definition) is 0. The standard InChI is InChI=1S/C33H25BrFN3O5/c1-3-41-29-15-21(25(34)17-30(29)42-19-20-8-6-9-22(35)14-20)18-36-38-32(37-26-11-5-4-10-23(26)33(38)39)31-16-24-27(40-2)12-7-13-28(24)43-31/h4-18H,3,19H2,1-2H3. The van der Waals surface area contributed by atoms with Crippen LogP contribution in [-0.4, -0.2) is 29.6 Å². The molecule has 43 heavy (non-hydrogen) atoms. The Labute approximate surface area is 254 Å². The highest BCUT2D eigenvalue weighted by Crippen LogP contribution is 2.35. The van der Waals surface area contributed by atoms with Crippen molar-refractivity contribution >= 4 is 44.0 Å². The van der Waals surface area contributed by atoms with Crippen molar-refractivity contribution in [2.24, 2.45) is 5.10 Å². The van der Waals surface area contributed by atoms with E-state index in [1.54, 1.807) is 55.6 Å². The lowest BCUT2D eigenvalue weighted by Crippen LogP contribution is -2.20. The van der Waals surface area contributed by atoms with Gasteiger partial charge in [-0.3, -0.25) is 4.79 Å². The molecule has 10 heteroatoms. The topological polar surface area (TPSA) is 88.1 Å². The Balaban J connectivity index is 1.42. The van der Waals surface area contributed by atoms with Gasteiger partial charge < -0.3 is 18.6 Å². The summed E-state index contributed by atoms with van der Waals surface area (Å²) in [5, 5.41) is 5.72. The van der Waals surface area contributed by atoms with E-state index in [4.69, 9.17) is 23.6 Å². The molecule has 0 saturated carbocycles. The SMILES string of the molecule is CCOc1cc(C=Nn2c(-c3cc4c(OC)cccc4o3)nc3ccccc3c2=O)c(Br)cc1OCc1cccc(F)c1. The number of fused-ring (bicyclic) bond motifs is 2. The lowest BCUT2D eigenvalue weighted by atomic mass is 10.2. The summed E-state index contributed by atoms with van der Waals surface area (Å²) >= 11 is 3.58. The summed E-state index contributed by atoms with van der Waals surface area (Å²) in [6, 6.07) is 24.0. The fourth-order valence-corrected chi connectivity index (χ4v) is 5.08.